The summed E-state index contributed by atoms with van der Waals surface area (Å²) < 4.78 is 3.78. The molecule has 1 aromatic carbocycles. The zero-order valence-corrected chi connectivity index (χ0v) is 13.0. The normalized spacial score (nSPS) is 11.4. The van der Waals surface area contributed by atoms with Crippen LogP contribution in [0.25, 0.3) is 34.1 Å². The number of nitrogens with zero attached hydrogens (tertiary/aromatic N) is 5. The lowest BCUT2D eigenvalue weighted by Gasteiger charge is -2.07. The highest BCUT2D eigenvalue weighted by Crippen LogP contribution is 2.30. The third-order valence-electron chi connectivity index (χ3n) is 4.18. The van der Waals surface area contributed by atoms with Gasteiger partial charge >= 0.3 is 0 Å². The van der Waals surface area contributed by atoms with Crippen molar-refractivity contribution in [2.24, 2.45) is 0 Å². The number of hydrogen-bond acceptors (Lipinski definition) is 4. The molecule has 0 radical (unpaired) electrons. The van der Waals surface area contributed by atoms with Crippen molar-refractivity contribution in [2.75, 3.05) is 0 Å². The Bertz CT molecular complexity index is 1150. The molecule has 0 fully saturated rings. The SMILES string of the molecule is Oc1cc(-c2cnc[nH]2)ccc1-n1ccn2c(-c3cnc[nH]3)cnc12. The third-order valence-corrected chi connectivity index (χ3v) is 4.18. The number of hydrogen-bond donors (Lipinski definition) is 3. The molecule has 0 spiro atoms. The molecule has 8 heteroatoms. The highest BCUT2D eigenvalue weighted by molar-refractivity contribution is 5.66. The number of fused-ring (bicyclic) bond motifs is 1. The van der Waals surface area contributed by atoms with Crippen LogP contribution in [0.4, 0.5) is 0 Å². The number of aromatic nitrogens is 7. The molecule has 4 heterocycles. The van der Waals surface area contributed by atoms with E-state index < -0.39 is 0 Å². The lowest BCUT2D eigenvalue weighted by atomic mass is 10.1. The van der Waals surface area contributed by atoms with Gasteiger partial charge in [0.05, 0.1) is 54.0 Å². The number of phenols is 1. The Kier molecular flexibility index (Phi) is 2.78. The molecule has 0 aliphatic heterocycles. The first-order valence-corrected chi connectivity index (χ1v) is 7.66. The first-order chi connectivity index (χ1) is 12.3. The molecule has 0 atom stereocenters. The average Bonchev–Trinajstić information content (AvgIpc) is 3.38. The Morgan fingerprint density at radius 3 is 2.44 bits per heavy atom. The number of imidazole rings is 4. The number of aromatic hydroxyl groups is 1. The lowest BCUT2D eigenvalue weighted by molar-refractivity contribution is 0.473. The number of benzene rings is 1. The molecule has 0 unspecified atom stereocenters. The summed E-state index contributed by atoms with van der Waals surface area (Å²) in [6.45, 7) is 0. The number of nitrogens with one attached hydrogen (secondary N) is 2. The molecule has 0 aliphatic rings. The van der Waals surface area contributed by atoms with Crippen molar-refractivity contribution in [1.29, 1.82) is 0 Å². The number of phenolic OH excluding ortho intramolecular Hbond substituents is 1. The van der Waals surface area contributed by atoms with Crippen LogP contribution in [0.15, 0.2) is 61.8 Å². The standard InChI is InChI=1S/C17H13N7O/c25-16-5-11(12-6-18-9-21-12)1-2-14(16)23-3-4-24-15(8-20-17(23)24)13-7-19-10-22-13/h1-10,25H,(H,18,21)(H,19,22). The van der Waals surface area contributed by atoms with E-state index in [9.17, 15) is 5.11 Å². The Labute approximate surface area is 141 Å². The molecule has 25 heavy (non-hydrogen) atoms. The van der Waals surface area contributed by atoms with Gasteiger partial charge in [-0.25, -0.2) is 15.0 Å². The van der Waals surface area contributed by atoms with Crippen LogP contribution in [0.1, 0.15) is 0 Å². The van der Waals surface area contributed by atoms with Gasteiger partial charge in [0.1, 0.15) is 5.75 Å². The summed E-state index contributed by atoms with van der Waals surface area (Å²) in [7, 11) is 0. The van der Waals surface area contributed by atoms with Crippen LogP contribution in [-0.2, 0) is 0 Å². The second kappa shape index (κ2) is 5.10. The predicted octanol–water partition coefficient (Wildman–Crippen LogP) is 2.61. The lowest BCUT2D eigenvalue weighted by Crippen LogP contribution is -1.95. The van der Waals surface area contributed by atoms with Crippen molar-refractivity contribution in [3.8, 4) is 34.1 Å². The minimum absolute atomic E-state index is 0.163. The van der Waals surface area contributed by atoms with Crippen molar-refractivity contribution in [3.63, 3.8) is 0 Å². The number of rotatable bonds is 3. The maximum absolute atomic E-state index is 10.5. The molecule has 0 aliphatic carbocycles. The van der Waals surface area contributed by atoms with Gasteiger partial charge in [0.2, 0.25) is 5.78 Å². The van der Waals surface area contributed by atoms with Crippen molar-refractivity contribution in [2.45, 2.75) is 0 Å². The molecule has 5 aromatic rings. The molecule has 3 N–H and O–H groups in total. The zero-order chi connectivity index (χ0) is 16.8. The van der Waals surface area contributed by atoms with Gasteiger partial charge in [-0.3, -0.25) is 8.97 Å². The van der Waals surface area contributed by atoms with Crippen LogP contribution >= 0.6 is 0 Å². The van der Waals surface area contributed by atoms with Crippen LogP contribution in [0.5, 0.6) is 5.75 Å². The Morgan fingerprint density at radius 1 is 0.920 bits per heavy atom. The Morgan fingerprint density at radius 2 is 1.72 bits per heavy atom. The summed E-state index contributed by atoms with van der Waals surface area (Å²) in [5, 5.41) is 10.5. The fraction of sp³-hybridized carbons (Fsp3) is 0. The van der Waals surface area contributed by atoms with E-state index in [0.717, 1.165) is 22.6 Å². The molecule has 0 amide bonds. The smallest absolute Gasteiger partial charge is 0.219 e. The summed E-state index contributed by atoms with van der Waals surface area (Å²) in [5.41, 5.74) is 4.15. The highest BCUT2D eigenvalue weighted by Gasteiger charge is 2.14. The third kappa shape index (κ3) is 2.04. The minimum atomic E-state index is 0.163. The van der Waals surface area contributed by atoms with E-state index in [1.165, 1.54) is 0 Å². The minimum Gasteiger partial charge on any atom is -0.506 e. The van der Waals surface area contributed by atoms with E-state index in [1.54, 1.807) is 37.3 Å². The second-order valence-corrected chi connectivity index (χ2v) is 5.62. The first kappa shape index (κ1) is 13.6. The summed E-state index contributed by atoms with van der Waals surface area (Å²) in [4.78, 5) is 18.6. The van der Waals surface area contributed by atoms with Crippen LogP contribution in [0.2, 0.25) is 0 Å². The maximum Gasteiger partial charge on any atom is 0.219 e. The molecule has 0 bridgehead atoms. The van der Waals surface area contributed by atoms with Crippen LogP contribution < -0.4 is 0 Å². The van der Waals surface area contributed by atoms with E-state index >= 15 is 0 Å². The molecule has 0 saturated heterocycles. The van der Waals surface area contributed by atoms with E-state index in [2.05, 4.69) is 24.9 Å². The van der Waals surface area contributed by atoms with Crippen molar-refractivity contribution >= 4 is 5.78 Å². The molecule has 8 nitrogen and oxygen atoms in total. The van der Waals surface area contributed by atoms with Gasteiger partial charge in [-0.05, 0) is 12.1 Å². The fourth-order valence-corrected chi connectivity index (χ4v) is 2.97. The number of aromatic amines is 2. The molecule has 0 saturated carbocycles. The molecule has 122 valence electrons. The first-order valence-electron chi connectivity index (χ1n) is 7.66. The summed E-state index contributed by atoms with van der Waals surface area (Å²) in [6.07, 6.45) is 12.2. The quantitative estimate of drug-likeness (QED) is 0.473. The van der Waals surface area contributed by atoms with Gasteiger partial charge in [0, 0.05) is 18.0 Å². The topological polar surface area (TPSA) is 99.8 Å². The van der Waals surface area contributed by atoms with Crippen LogP contribution in [0, 0.1) is 0 Å². The maximum atomic E-state index is 10.5. The second-order valence-electron chi connectivity index (χ2n) is 5.62. The monoisotopic (exact) mass is 331 g/mol. The molecule has 4 aromatic heterocycles. The van der Waals surface area contributed by atoms with E-state index in [1.807, 2.05) is 33.5 Å². The summed E-state index contributed by atoms with van der Waals surface area (Å²) in [5.74, 6) is 0.866. The van der Waals surface area contributed by atoms with Gasteiger partial charge in [-0.1, -0.05) is 6.07 Å². The fourth-order valence-electron chi connectivity index (χ4n) is 2.97. The van der Waals surface area contributed by atoms with Crippen molar-refractivity contribution < 1.29 is 5.11 Å². The molecular weight excluding hydrogens is 318 g/mol. The van der Waals surface area contributed by atoms with Crippen molar-refractivity contribution in [1.82, 2.24) is 33.9 Å². The van der Waals surface area contributed by atoms with Gasteiger partial charge in [0.25, 0.3) is 0 Å². The predicted molar refractivity (Wildman–Crippen MR) is 91.3 cm³/mol. The Balaban J connectivity index is 1.62. The van der Waals surface area contributed by atoms with E-state index in [-0.39, 0.29) is 5.75 Å². The number of H-pyrrole nitrogens is 2. The summed E-state index contributed by atoms with van der Waals surface area (Å²) >= 11 is 0. The van der Waals surface area contributed by atoms with Gasteiger partial charge in [-0.15, -0.1) is 0 Å². The van der Waals surface area contributed by atoms with Gasteiger partial charge in [-0.2, -0.15) is 0 Å². The highest BCUT2D eigenvalue weighted by atomic mass is 16.3. The van der Waals surface area contributed by atoms with Gasteiger partial charge in [0.15, 0.2) is 0 Å². The van der Waals surface area contributed by atoms with E-state index in [4.69, 9.17) is 0 Å². The summed E-state index contributed by atoms with van der Waals surface area (Å²) in [6, 6.07) is 5.49. The average molecular weight is 331 g/mol. The van der Waals surface area contributed by atoms with Crippen LogP contribution in [-0.4, -0.2) is 39.0 Å². The Hall–Kier alpha value is -3.81. The van der Waals surface area contributed by atoms with Crippen LogP contribution in [0.3, 0.4) is 0 Å². The molecular formula is C17H13N7O. The van der Waals surface area contributed by atoms with Gasteiger partial charge < -0.3 is 15.1 Å². The zero-order valence-electron chi connectivity index (χ0n) is 13.0. The largest absolute Gasteiger partial charge is 0.506 e. The molecule has 5 rings (SSSR count). The van der Waals surface area contributed by atoms with Crippen molar-refractivity contribution in [3.05, 3.63) is 61.8 Å². The van der Waals surface area contributed by atoms with E-state index in [0.29, 0.717) is 11.5 Å².